The van der Waals surface area contributed by atoms with Gasteiger partial charge in [-0.05, 0) is 17.7 Å². The highest BCUT2D eigenvalue weighted by atomic mass is 32.2. The SMILES string of the molecule is COc1cc(C2CC(=O)n3nc(-c4ccccc4)nc3S2)cc(OC)c1OC. The second-order valence-corrected chi connectivity index (χ2v) is 7.33. The van der Waals surface area contributed by atoms with E-state index in [2.05, 4.69) is 10.1 Å². The summed E-state index contributed by atoms with van der Waals surface area (Å²) in [5.74, 6) is 2.09. The van der Waals surface area contributed by atoms with Gasteiger partial charge >= 0.3 is 0 Å². The van der Waals surface area contributed by atoms with Crippen LogP contribution in [0.2, 0.25) is 0 Å². The van der Waals surface area contributed by atoms with Crippen molar-refractivity contribution in [2.45, 2.75) is 16.8 Å². The normalized spacial score (nSPS) is 15.8. The van der Waals surface area contributed by atoms with E-state index in [1.54, 1.807) is 21.3 Å². The molecule has 7 nitrogen and oxygen atoms in total. The lowest BCUT2D eigenvalue weighted by atomic mass is 10.1. The predicted octanol–water partition coefficient (Wildman–Crippen LogP) is 3.85. The maximum atomic E-state index is 12.7. The van der Waals surface area contributed by atoms with Gasteiger partial charge in [0.1, 0.15) is 0 Å². The van der Waals surface area contributed by atoms with Crippen molar-refractivity contribution in [3.63, 3.8) is 0 Å². The average molecular weight is 397 g/mol. The largest absolute Gasteiger partial charge is 0.493 e. The number of benzene rings is 2. The highest BCUT2D eigenvalue weighted by molar-refractivity contribution is 7.99. The van der Waals surface area contributed by atoms with E-state index in [4.69, 9.17) is 14.2 Å². The number of nitrogens with zero attached hydrogens (tertiary/aromatic N) is 3. The van der Waals surface area contributed by atoms with Crippen molar-refractivity contribution in [3.8, 4) is 28.6 Å². The summed E-state index contributed by atoms with van der Waals surface area (Å²) in [7, 11) is 4.71. The van der Waals surface area contributed by atoms with Gasteiger partial charge in [0, 0.05) is 17.2 Å². The maximum Gasteiger partial charge on any atom is 0.250 e. The molecular weight excluding hydrogens is 378 g/mol. The van der Waals surface area contributed by atoms with E-state index in [0.29, 0.717) is 34.7 Å². The lowest BCUT2D eigenvalue weighted by Gasteiger charge is -2.22. The third-order valence-electron chi connectivity index (χ3n) is 4.51. The average Bonchev–Trinajstić information content (AvgIpc) is 3.18. The van der Waals surface area contributed by atoms with Crippen molar-refractivity contribution >= 4 is 17.7 Å². The summed E-state index contributed by atoms with van der Waals surface area (Å²) in [5.41, 5.74) is 1.78. The predicted molar refractivity (Wildman–Crippen MR) is 105 cm³/mol. The molecule has 0 saturated carbocycles. The molecule has 1 unspecified atom stereocenters. The molecule has 0 N–H and O–H groups in total. The number of carbonyl (C=O) groups excluding carboxylic acids is 1. The summed E-state index contributed by atoms with van der Waals surface area (Å²) >= 11 is 1.50. The van der Waals surface area contributed by atoms with Gasteiger partial charge in [-0.3, -0.25) is 4.79 Å². The van der Waals surface area contributed by atoms with Crippen LogP contribution in [-0.2, 0) is 0 Å². The Morgan fingerprint density at radius 3 is 2.32 bits per heavy atom. The van der Waals surface area contributed by atoms with Gasteiger partial charge < -0.3 is 14.2 Å². The summed E-state index contributed by atoms with van der Waals surface area (Å²) in [5, 5.41) is 4.84. The Balaban J connectivity index is 1.70. The fraction of sp³-hybridized carbons (Fsp3) is 0.250. The van der Waals surface area contributed by atoms with E-state index >= 15 is 0 Å². The van der Waals surface area contributed by atoms with Gasteiger partial charge in [-0.2, -0.15) is 4.68 Å². The van der Waals surface area contributed by atoms with Gasteiger partial charge in [0.05, 0.1) is 21.3 Å². The lowest BCUT2D eigenvalue weighted by Crippen LogP contribution is -2.21. The van der Waals surface area contributed by atoms with Crippen molar-refractivity contribution in [1.29, 1.82) is 0 Å². The Kier molecular flexibility index (Phi) is 4.95. The summed E-state index contributed by atoms with van der Waals surface area (Å²) in [4.78, 5) is 17.3. The van der Waals surface area contributed by atoms with Crippen molar-refractivity contribution in [3.05, 3.63) is 48.0 Å². The maximum absolute atomic E-state index is 12.7. The van der Waals surface area contributed by atoms with E-state index in [-0.39, 0.29) is 11.2 Å². The smallest absolute Gasteiger partial charge is 0.250 e. The molecule has 0 amide bonds. The van der Waals surface area contributed by atoms with E-state index in [9.17, 15) is 4.79 Å². The molecule has 1 aliphatic rings. The minimum absolute atomic E-state index is 0.0952. The van der Waals surface area contributed by atoms with Crippen LogP contribution in [0.15, 0.2) is 47.6 Å². The molecule has 0 saturated heterocycles. The highest BCUT2D eigenvalue weighted by Gasteiger charge is 2.31. The van der Waals surface area contributed by atoms with Gasteiger partial charge in [-0.25, -0.2) is 4.98 Å². The number of hydrogen-bond donors (Lipinski definition) is 0. The number of fused-ring (bicyclic) bond motifs is 1. The lowest BCUT2D eigenvalue weighted by molar-refractivity contribution is 0.0868. The fourth-order valence-electron chi connectivity index (χ4n) is 3.13. The standard InChI is InChI=1S/C20H19N3O4S/c1-25-14-9-13(10-15(26-2)18(14)27-3)16-11-17(24)23-20(28-16)21-19(22-23)12-7-5-4-6-8-12/h4-10,16H,11H2,1-3H3. The number of aromatic nitrogens is 3. The van der Waals surface area contributed by atoms with Crippen LogP contribution in [0.5, 0.6) is 17.2 Å². The molecule has 3 aromatic rings. The van der Waals surface area contributed by atoms with E-state index in [0.717, 1.165) is 11.1 Å². The Labute approximate surface area is 166 Å². The van der Waals surface area contributed by atoms with Crippen LogP contribution in [0.25, 0.3) is 11.4 Å². The number of ether oxygens (including phenoxy) is 3. The second-order valence-electron chi connectivity index (χ2n) is 6.16. The number of carbonyl (C=O) groups is 1. The molecule has 1 aromatic heterocycles. The molecule has 0 spiro atoms. The molecule has 2 heterocycles. The summed E-state index contributed by atoms with van der Waals surface area (Å²) < 4.78 is 17.6. The molecule has 1 aliphatic heterocycles. The van der Waals surface area contributed by atoms with Crippen LogP contribution in [-0.4, -0.2) is 42.0 Å². The third-order valence-corrected chi connectivity index (χ3v) is 5.71. The first-order chi connectivity index (χ1) is 13.6. The van der Waals surface area contributed by atoms with Crippen molar-refractivity contribution in [2.24, 2.45) is 0 Å². The zero-order valence-corrected chi connectivity index (χ0v) is 16.5. The second kappa shape index (κ2) is 7.55. The topological polar surface area (TPSA) is 75.5 Å². The molecule has 2 aromatic carbocycles. The third kappa shape index (κ3) is 3.20. The first-order valence-corrected chi connectivity index (χ1v) is 9.54. The van der Waals surface area contributed by atoms with Crippen LogP contribution in [0.1, 0.15) is 22.0 Å². The molecule has 144 valence electrons. The molecule has 0 aliphatic carbocycles. The van der Waals surface area contributed by atoms with Crippen LogP contribution >= 0.6 is 11.8 Å². The first kappa shape index (κ1) is 18.4. The summed E-state index contributed by atoms with van der Waals surface area (Å²) in [6, 6.07) is 13.4. The zero-order valence-electron chi connectivity index (χ0n) is 15.7. The quantitative estimate of drug-likeness (QED) is 0.647. The van der Waals surface area contributed by atoms with Gasteiger partial charge in [0.2, 0.25) is 5.75 Å². The van der Waals surface area contributed by atoms with E-state index < -0.39 is 0 Å². The molecule has 0 radical (unpaired) electrons. The van der Waals surface area contributed by atoms with E-state index in [1.807, 2.05) is 42.5 Å². The number of hydrogen-bond acceptors (Lipinski definition) is 7. The van der Waals surface area contributed by atoms with Crippen LogP contribution in [0, 0.1) is 0 Å². The van der Waals surface area contributed by atoms with Gasteiger partial charge in [-0.1, -0.05) is 42.1 Å². The van der Waals surface area contributed by atoms with Gasteiger partial charge in [0.25, 0.3) is 5.91 Å². The zero-order chi connectivity index (χ0) is 19.7. The number of methoxy groups -OCH3 is 3. The number of thioether (sulfide) groups is 1. The molecule has 1 atom stereocenters. The molecule has 28 heavy (non-hydrogen) atoms. The van der Waals surface area contributed by atoms with Crippen LogP contribution in [0.4, 0.5) is 0 Å². The Morgan fingerprint density at radius 1 is 1.04 bits per heavy atom. The van der Waals surface area contributed by atoms with Crippen LogP contribution < -0.4 is 14.2 Å². The Bertz CT molecular complexity index is 995. The minimum atomic E-state index is -0.124. The number of rotatable bonds is 5. The molecule has 0 fully saturated rings. The van der Waals surface area contributed by atoms with Crippen molar-refractivity contribution < 1.29 is 19.0 Å². The minimum Gasteiger partial charge on any atom is -0.493 e. The van der Waals surface area contributed by atoms with Crippen molar-refractivity contribution in [1.82, 2.24) is 14.8 Å². The molecular formula is C20H19N3O4S. The molecule has 4 rings (SSSR count). The summed E-state index contributed by atoms with van der Waals surface area (Å²) in [6.07, 6.45) is 0.299. The van der Waals surface area contributed by atoms with Crippen LogP contribution in [0.3, 0.4) is 0 Å². The Hall–Kier alpha value is -3.00. The molecule has 0 bridgehead atoms. The molecule has 8 heteroatoms. The van der Waals surface area contributed by atoms with E-state index in [1.165, 1.54) is 16.4 Å². The van der Waals surface area contributed by atoms with Gasteiger partial charge in [-0.15, -0.1) is 5.10 Å². The highest BCUT2D eigenvalue weighted by Crippen LogP contribution is 2.46. The summed E-state index contributed by atoms with van der Waals surface area (Å²) in [6.45, 7) is 0. The van der Waals surface area contributed by atoms with Crippen molar-refractivity contribution in [2.75, 3.05) is 21.3 Å². The fourth-order valence-corrected chi connectivity index (χ4v) is 4.27. The monoisotopic (exact) mass is 397 g/mol. The Morgan fingerprint density at radius 2 is 1.71 bits per heavy atom. The first-order valence-electron chi connectivity index (χ1n) is 8.66. The van der Waals surface area contributed by atoms with Gasteiger partial charge in [0.15, 0.2) is 22.5 Å².